The van der Waals surface area contributed by atoms with Crippen LogP contribution in [0.3, 0.4) is 0 Å². The molecule has 0 saturated heterocycles. The topological polar surface area (TPSA) is 46.6 Å². The number of nitrogens with zero attached hydrogens (tertiary/aromatic N) is 1. The third kappa shape index (κ3) is 3.06. The first-order valence-electron chi connectivity index (χ1n) is 7.34. The number of fused-ring (bicyclic) bond motifs is 1. The Morgan fingerprint density at radius 2 is 1.78 bits per heavy atom. The quantitative estimate of drug-likeness (QED) is 0.537. The second kappa shape index (κ2) is 6.32. The fraction of sp³-hybridized carbons (Fsp3) is 0.294. The molecule has 1 aliphatic heterocycles. The molecule has 0 spiro atoms. The molecule has 0 amide bonds. The Kier molecular flexibility index (Phi) is 4.55. The molecule has 3 rings (SSSR count). The van der Waals surface area contributed by atoms with Gasteiger partial charge in [0.1, 0.15) is 12.4 Å². The molecule has 0 fully saturated rings. The number of alkyl halides is 1. The van der Waals surface area contributed by atoms with Crippen LogP contribution in [0.2, 0.25) is 0 Å². The van der Waals surface area contributed by atoms with Crippen LogP contribution in [0.25, 0.3) is 0 Å². The highest BCUT2D eigenvalue weighted by molar-refractivity contribution is 14.1. The van der Waals surface area contributed by atoms with Crippen LogP contribution in [0, 0.1) is 13.8 Å². The van der Waals surface area contributed by atoms with E-state index in [0.29, 0.717) is 27.4 Å². The average Bonchev–Trinajstić information content (AvgIpc) is 2.53. The van der Waals surface area contributed by atoms with Crippen LogP contribution in [0.15, 0.2) is 47.4 Å². The number of hydrogen-bond acceptors (Lipinski definition) is 3. The Morgan fingerprint density at radius 3 is 2.43 bits per heavy atom. The van der Waals surface area contributed by atoms with Crippen molar-refractivity contribution in [3.63, 3.8) is 0 Å². The van der Waals surface area contributed by atoms with Crippen molar-refractivity contribution in [3.05, 3.63) is 53.6 Å². The highest BCUT2D eigenvalue weighted by Crippen LogP contribution is 2.38. The minimum Gasteiger partial charge on any atom is -0.489 e. The zero-order valence-corrected chi connectivity index (χ0v) is 16.0. The summed E-state index contributed by atoms with van der Waals surface area (Å²) in [7, 11) is -3.62. The summed E-state index contributed by atoms with van der Waals surface area (Å²) in [6.45, 7) is 4.26. The Labute approximate surface area is 150 Å². The highest BCUT2D eigenvalue weighted by atomic mass is 127. The lowest BCUT2D eigenvalue weighted by Gasteiger charge is -2.37. The Morgan fingerprint density at radius 1 is 1.13 bits per heavy atom. The van der Waals surface area contributed by atoms with Crippen molar-refractivity contribution in [2.45, 2.75) is 24.8 Å². The van der Waals surface area contributed by atoms with Gasteiger partial charge in [0, 0.05) is 4.43 Å². The molecule has 23 heavy (non-hydrogen) atoms. The van der Waals surface area contributed by atoms with Crippen molar-refractivity contribution in [1.29, 1.82) is 0 Å². The van der Waals surface area contributed by atoms with Gasteiger partial charge in [-0.25, -0.2) is 8.42 Å². The maximum absolute atomic E-state index is 13.2. The van der Waals surface area contributed by atoms with Gasteiger partial charge in [-0.3, -0.25) is 4.31 Å². The van der Waals surface area contributed by atoms with Crippen molar-refractivity contribution < 1.29 is 13.2 Å². The minimum absolute atomic E-state index is 0.212. The van der Waals surface area contributed by atoms with Gasteiger partial charge in [-0.2, -0.15) is 0 Å². The summed E-state index contributed by atoms with van der Waals surface area (Å²) >= 11 is 2.21. The van der Waals surface area contributed by atoms with Gasteiger partial charge in [0.05, 0.1) is 16.6 Å². The van der Waals surface area contributed by atoms with Gasteiger partial charge in [0.25, 0.3) is 10.0 Å². The highest BCUT2D eigenvalue weighted by Gasteiger charge is 2.36. The van der Waals surface area contributed by atoms with Crippen LogP contribution in [0.4, 0.5) is 5.69 Å². The molecule has 1 heterocycles. The van der Waals surface area contributed by atoms with E-state index in [1.54, 1.807) is 12.1 Å². The zero-order chi connectivity index (χ0) is 16.6. The molecular weight excluding hydrogens is 425 g/mol. The van der Waals surface area contributed by atoms with Crippen LogP contribution >= 0.6 is 22.6 Å². The predicted octanol–water partition coefficient (Wildman–Crippen LogP) is 3.69. The molecule has 0 aromatic heterocycles. The van der Waals surface area contributed by atoms with Crippen molar-refractivity contribution in [3.8, 4) is 5.75 Å². The van der Waals surface area contributed by atoms with Crippen molar-refractivity contribution in [1.82, 2.24) is 0 Å². The lowest BCUT2D eigenvalue weighted by molar-refractivity contribution is 0.284. The average molecular weight is 443 g/mol. The standard InChI is InChI=1S/C17H18INO3S/c1-12-3-6-15(7-4-12)23(20,21)19-14(10-18)11-22-17-8-5-13(2)9-16(17)19/h3-9,14H,10-11H2,1-2H3. The van der Waals surface area contributed by atoms with Gasteiger partial charge in [0.15, 0.2) is 0 Å². The summed E-state index contributed by atoms with van der Waals surface area (Å²) in [6, 6.07) is 12.4. The summed E-state index contributed by atoms with van der Waals surface area (Å²) in [6.07, 6.45) is 0. The molecule has 1 atom stereocenters. The smallest absolute Gasteiger partial charge is 0.264 e. The lowest BCUT2D eigenvalue weighted by Crippen LogP contribution is -2.47. The summed E-state index contributed by atoms with van der Waals surface area (Å²) in [5.41, 5.74) is 2.66. The van der Waals surface area contributed by atoms with Crippen molar-refractivity contribution >= 4 is 38.3 Å². The Hall–Kier alpha value is -1.28. The first-order chi connectivity index (χ1) is 10.9. The van der Waals surface area contributed by atoms with E-state index in [1.807, 2.05) is 44.2 Å². The number of ether oxygens (including phenoxy) is 1. The van der Waals surface area contributed by atoms with Crippen LogP contribution in [-0.4, -0.2) is 25.5 Å². The maximum Gasteiger partial charge on any atom is 0.264 e. The molecule has 1 unspecified atom stereocenters. The Balaban J connectivity index is 2.15. The van der Waals surface area contributed by atoms with Crippen molar-refractivity contribution in [2.75, 3.05) is 15.3 Å². The monoisotopic (exact) mass is 443 g/mol. The first kappa shape index (κ1) is 16.6. The van der Waals surface area contributed by atoms with E-state index in [1.165, 1.54) is 4.31 Å². The molecule has 2 aromatic carbocycles. The predicted molar refractivity (Wildman–Crippen MR) is 100 cm³/mol. The number of anilines is 1. The van der Waals surface area contributed by atoms with E-state index in [4.69, 9.17) is 4.74 Å². The lowest BCUT2D eigenvalue weighted by atomic mass is 10.1. The molecule has 2 aromatic rings. The van der Waals surface area contributed by atoms with Gasteiger partial charge in [-0.05, 0) is 43.7 Å². The second-order valence-electron chi connectivity index (χ2n) is 5.70. The van der Waals surface area contributed by atoms with E-state index < -0.39 is 10.0 Å². The molecule has 6 heteroatoms. The van der Waals surface area contributed by atoms with E-state index in [9.17, 15) is 8.42 Å². The molecule has 0 radical (unpaired) electrons. The number of hydrogen-bond donors (Lipinski definition) is 0. The molecule has 4 nitrogen and oxygen atoms in total. The number of benzene rings is 2. The van der Waals surface area contributed by atoms with Crippen LogP contribution in [0.1, 0.15) is 11.1 Å². The van der Waals surface area contributed by atoms with Gasteiger partial charge < -0.3 is 4.74 Å². The van der Waals surface area contributed by atoms with Gasteiger partial charge in [-0.15, -0.1) is 0 Å². The third-order valence-electron chi connectivity index (χ3n) is 3.87. The number of sulfonamides is 1. The number of rotatable bonds is 3. The van der Waals surface area contributed by atoms with E-state index in [-0.39, 0.29) is 6.04 Å². The maximum atomic E-state index is 13.2. The summed E-state index contributed by atoms with van der Waals surface area (Å²) in [5.74, 6) is 0.618. The van der Waals surface area contributed by atoms with Gasteiger partial charge >= 0.3 is 0 Å². The van der Waals surface area contributed by atoms with E-state index in [2.05, 4.69) is 22.6 Å². The molecule has 1 aliphatic rings. The fourth-order valence-electron chi connectivity index (χ4n) is 2.63. The second-order valence-corrected chi connectivity index (χ2v) is 8.40. The SMILES string of the molecule is Cc1ccc(S(=O)(=O)N2c3cc(C)ccc3OCC2CI)cc1. The zero-order valence-electron chi connectivity index (χ0n) is 13.0. The summed E-state index contributed by atoms with van der Waals surface area (Å²) < 4.78 is 34.4. The van der Waals surface area contributed by atoms with Crippen LogP contribution in [-0.2, 0) is 10.0 Å². The first-order valence-corrected chi connectivity index (χ1v) is 10.3. The Bertz CT molecular complexity index is 818. The van der Waals surface area contributed by atoms with Crippen molar-refractivity contribution in [2.24, 2.45) is 0 Å². The van der Waals surface area contributed by atoms with E-state index >= 15 is 0 Å². The molecular formula is C17H18INO3S. The van der Waals surface area contributed by atoms with E-state index in [0.717, 1.165) is 11.1 Å². The van der Waals surface area contributed by atoms with Crippen LogP contribution < -0.4 is 9.04 Å². The largest absolute Gasteiger partial charge is 0.489 e. The molecule has 0 saturated carbocycles. The minimum atomic E-state index is -3.62. The molecule has 0 bridgehead atoms. The number of aryl methyl sites for hydroxylation is 2. The number of halogens is 1. The summed E-state index contributed by atoms with van der Waals surface area (Å²) in [4.78, 5) is 0.312. The third-order valence-corrected chi connectivity index (χ3v) is 6.77. The molecule has 0 aliphatic carbocycles. The molecule has 0 N–H and O–H groups in total. The fourth-order valence-corrected chi connectivity index (χ4v) is 5.18. The summed E-state index contributed by atoms with van der Waals surface area (Å²) in [5, 5.41) is 0. The van der Waals surface area contributed by atoms with Gasteiger partial charge in [-0.1, -0.05) is 46.4 Å². The molecule has 122 valence electrons. The van der Waals surface area contributed by atoms with Crippen LogP contribution in [0.5, 0.6) is 5.75 Å². The van der Waals surface area contributed by atoms with Gasteiger partial charge in [0.2, 0.25) is 0 Å². The normalized spacial score (nSPS) is 17.5.